The first-order chi connectivity index (χ1) is 9.56. The van der Waals surface area contributed by atoms with Crippen molar-refractivity contribution in [1.82, 2.24) is 5.32 Å². The van der Waals surface area contributed by atoms with E-state index in [9.17, 15) is 4.79 Å². The van der Waals surface area contributed by atoms with Crippen LogP contribution in [0, 0.1) is 25.7 Å². The fourth-order valence-electron chi connectivity index (χ4n) is 2.98. The molecule has 3 nitrogen and oxygen atoms in total. The molecule has 0 spiro atoms. The molecule has 1 aromatic carbocycles. The Balaban J connectivity index is 0.00000220. The Bertz CT molecular complexity index is 470. The van der Waals surface area contributed by atoms with Gasteiger partial charge >= 0.3 is 0 Å². The lowest BCUT2D eigenvalue weighted by Gasteiger charge is -2.28. The van der Waals surface area contributed by atoms with Gasteiger partial charge in [0, 0.05) is 12.1 Å². The predicted octanol–water partition coefficient (Wildman–Crippen LogP) is 3.69. The zero-order chi connectivity index (χ0) is 14.5. The van der Waals surface area contributed by atoms with Gasteiger partial charge < -0.3 is 10.6 Å². The van der Waals surface area contributed by atoms with Crippen molar-refractivity contribution < 1.29 is 4.79 Å². The normalized spacial score (nSPS) is 19.5. The number of benzene rings is 1. The van der Waals surface area contributed by atoms with Crippen LogP contribution in [0.2, 0.25) is 0 Å². The molecular weight excluding hydrogens is 284 g/mol. The number of nitrogens with one attached hydrogen (secondary N) is 2. The largest absolute Gasteiger partial charge is 0.326 e. The molecule has 1 heterocycles. The highest BCUT2D eigenvalue weighted by atomic mass is 35.5. The minimum Gasteiger partial charge on any atom is -0.326 e. The van der Waals surface area contributed by atoms with Crippen LogP contribution >= 0.6 is 12.4 Å². The number of halogens is 1. The zero-order valence-corrected chi connectivity index (χ0v) is 14.1. The van der Waals surface area contributed by atoms with Crippen LogP contribution < -0.4 is 10.6 Å². The molecule has 1 aliphatic heterocycles. The fourth-order valence-corrected chi connectivity index (χ4v) is 2.98. The Morgan fingerprint density at radius 2 is 2.19 bits per heavy atom. The molecule has 1 fully saturated rings. The van der Waals surface area contributed by atoms with Crippen LogP contribution in [0.1, 0.15) is 37.3 Å². The summed E-state index contributed by atoms with van der Waals surface area (Å²) >= 11 is 0. The number of hydrogen-bond acceptors (Lipinski definition) is 2. The van der Waals surface area contributed by atoms with Crippen molar-refractivity contribution in [3.05, 3.63) is 29.3 Å². The van der Waals surface area contributed by atoms with Gasteiger partial charge in [-0.05, 0) is 63.2 Å². The van der Waals surface area contributed by atoms with E-state index in [1.165, 1.54) is 18.4 Å². The van der Waals surface area contributed by atoms with Crippen molar-refractivity contribution in [3.63, 3.8) is 0 Å². The lowest BCUT2D eigenvalue weighted by molar-refractivity contribution is -0.117. The maximum atomic E-state index is 12.2. The average molecular weight is 311 g/mol. The summed E-state index contributed by atoms with van der Waals surface area (Å²) in [6.07, 6.45) is 3.08. The number of hydrogen-bond donors (Lipinski definition) is 2. The standard InChI is InChI=1S/C17H26N2O.ClH/c1-12-6-7-16(14(3)9-12)19-17(20)10-13(2)15-5-4-8-18-11-15;/h6-7,9,13,15,18H,4-5,8,10-11H2,1-3H3,(H,19,20);1H. The summed E-state index contributed by atoms with van der Waals surface area (Å²) in [5.74, 6) is 1.21. The van der Waals surface area contributed by atoms with Crippen LogP contribution in [0.4, 0.5) is 5.69 Å². The van der Waals surface area contributed by atoms with E-state index in [1.807, 2.05) is 19.1 Å². The molecule has 1 aromatic rings. The number of anilines is 1. The lowest BCUT2D eigenvalue weighted by atomic mass is 9.85. The van der Waals surface area contributed by atoms with E-state index in [4.69, 9.17) is 0 Å². The third kappa shape index (κ3) is 5.33. The summed E-state index contributed by atoms with van der Waals surface area (Å²) in [5, 5.41) is 6.47. The molecule has 118 valence electrons. The van der Waals surface area contributed by atoms with E-state index >= 15 is 0 Å². The van der Waals surface area contributed by atoms with Crippen LogP contribution in [-0.4, -0.2) is 19.0 Å². The molecule has 0 radical (unpaired) electrons. The molecule has 21 heavy (non-hydrogen) atoms. The molecule has 2 atom stereocenters. The number of rotatable bonds is 4. The molecule has 0 saturated carbocycles. The van der Waals surface area contributed by atoms with Gasteiger partial charge in [-0.15, -0.1) is 12.4 Å². The minimum atomic E-state index is 0. The molecule has 0 bridgehead atoms. The Hall–Kier alpha value is -1.06. The van der Waals surface area contributed by atoms with Gasteiger partial charge in [-0.3, -0.25) is 4.79 Å². The Morgan fingerprint density at radius 1 is 1.43 bits per heavy atom. The van der Waals surface area contributed by atoms with Crippen LogP contribution in [-0.2, 0) is 4.79 Å². The second-order valence-electron chi connectivity index (χ2n) is 6.15. The van der Waals surface area contributed by atoms with Crippen molar-refractivity contribution in [2.24, 2.45) is 11.8 Å². The topological polar surface area (TPSA) is 41.1 Å². The van der Waals surface area contributed by atoms with E-state index in [2.05, 4.69) is 30.5 Å². The van der Waals surface area contributed by atoms with E-state index in [0.717, 1.165) is 24.3 Å². The highest BCUT2D eigenvalue weighted by molar-refractivity contribution is 5.91. The van der Waals surface area contributed by atoms with E-state index in [1.54, 1.807) is 0 Å². The third-order valence-corrected chi connectivity index (χ3v) is 4.30. The zero-order valence-electron chi connectivity index (χ0n) is 13.2. The van der Waals surface area contributed by atoms with Gasteiger partial charge in [0.2, 0.25) is 5.91 Å². The molecule has 2 unspecified atom stereocenters. The van der Waals surface area contributed by atoms with Crippen molar-refractivity contribution in [2.75, 3.05) is 18.4 Å². The average Bonchev–Trinajstić information content (AvgIpc) is 2.43. The number of piperidine rings is 1. The maximum Gasteiger partial charge on any atom is 0.224 e. The van der Waals surface area contributed by atoms with Crippen molar-refractivity contribution in [1.29, 1.82) is 0 Å². The summed E-state index contributed by atoms with van der Waals surface area (Å²) in [6, 6.07) is 6.14. The highest BCUT2D eigenvalue weighted by Gasteiger charge is 2.22. The summed E-state index contributed by atoms with van der Waals surface area (Å²) in [6.45, 7) is 8.48. The van der Waals surface area contributed by atoms with Crippen LogP contribution in [0.5, 0.6) is 0 Å². The fraction of sp³-hybridized carbons (Fsp3) is 0.588. The third-order valence-electron chi connectivity index (χ3n) is 4.30. The molecule has 1 amide bonds. The molecule has 4 heteroatoms. The Labute approximate surface area is 134 Å². The van der Waals surface area contributed by atoms with Crippen LogP contribution in [0.15, 0.2) is 18.2 Å². The smallest absolute Gasteiger partial charge is 0.224 e. The SMILES string of the molecule is Cc1ccc(NC(=O)CC(C)C2CCCNC2)c(C)c1.Cl. The first-order valence-electron chi connectivity index (χ1n) is 7.64. The number of aryl methyl sites for hydroxylation is 2. The van der Waals surface area contributed by atoms with E-state index in [0.29, 0.717) is 18.3 Å². The van der Waals surface area contributed by atoms with Gasteiger partial charge in [-0.1, -0.05) is 24.6 Å². The number of amides is 1. The van der Waals surface area contributed by atoms with Crippen LogP contribution in [0.3, 0.4) is 0 Å². The maximum absolute atomic E-state index is 12.2. The summed E-state index contributed by atoms with van der Waals surface area (Å²) in [7, 11) is 0. The second kappa shape index (κ2) is 8.40. The van der Waals surface area contributed by atoms with Crippen molar-refractivity contribution in [3.8, 4) is 0 Å². The molecule has 1 aliphatic rings. The monoisotopic (exact) mass is 310 g/mol. The van der Waals surface area contributed by atoms with Gasteiger partial charge in [0.15, 0.2) is 0 Å². The molecule has 1 saturated heterocycles. The summed E-state index contributed by atoms with van der Waals surface area (Å²) in [5.41, 5.74) is 3.29. The summed E-state index contributed by atoms with van der Waals surface area (Å²) in [4.78, 5) is 12.2. The van der Waals surface area contributed by atoms with Crippen LogP contribution in [0.25, 0.3) is 0 Å². The first kappa shape index (κ1) is 18.0. The van der Waals surface area contributed by atoms with Gasteiger partial charge in [0.05, 0.1) is 0 Å². The minimum absolute atomic E-state index is 0. The van der Waals surface area contributed by atoms with Crippen molar-refractivity contribution >= 4 is 24.0 Å². The molecular formula is C17H27ClN2O. The molecule has 2 N–H and O–H groups in total. The van der Waals surface area contributed by atoms with Gasteiger partial charge in [0.1, 0.15) is 0 Å². The second-order valence-corrected chi connectivity index (χ2v) is 6.15. The van der Waals surface area contributed by atoms with E-state index in [-0.39, 0.29) is 18.3 Å². The molecule has 2 rings (SSSR count). The van der Waals surface area contributed by atoms with Gasteiger partial charge in [-0.2, -0.15) is 0 Å². The molecule has 0 aliphatic carbocycles. The first-order valence-corrected chi connectivity index (χ1v) is 7.64. The Morgan fingerprint density at radius 3 is 2.81 bits per heavy atom. The van der Waals surface area contributed by atoms with Gasteiger partial charge in [-0.25, -0.2) is 0 Å². The molecule has 0 aromatic heterocycles. The van der Waals surface area contributed by atoms with Gasteiger partial charge in [0.25, 0.3) is 0 Å². The number of carbonyl (C=O) groups is 1. The van der Waals surface area contributed by atoms with Crippen molar-refractivity contribution in [2.45, 2.75) is 40.0 Å². The summed E-state index contributed by atoms with van der Waals surface area (Å²) < 4.78 is 0. The predicted molar refractivity (Wildman–Crippen MR) is 91.2 cm³/mol. The number of carbonyl (C=O) groups excluding carboxylic acids is 1. The quantitative estimate of drug-likeness (QED) is 0.890. The highest BCUT2D eigenvalue weighted by Crippen LogP contribution is 2.23. The van der Waals surface area contributed by atoms with E-state index < -0.39 is 0 Å². The lowest BCUT2D eigenvalue weighted by Crippen LogP contribution is -2.34. The Kier molecular flexibility index (Phi) is 7.20.